The van der Waals surface area contributed by atoms with Crippen LogP contribution in [0.5, 0.6) is 0 Å². The molecule has 2 amide bonds. The van der Waals surface area contributed by atoms with Crippen LogP contribution in [0, 0.1) is 13.8 Å². The van der Waals surface area contributed by atoms with Gasteiger partial charge in [-0.1, -0.05) is 36.4 Å². The monoisotopic (exact) mass is 332 g/mol. The molecule has 1 aliphatic heterocycles. The van der Waals surface area contributed by atoms with Crippen molar-refractivity contribution in [1.29, 1.82) is 0 Å². The summed E-state index contributed by atoms with van der Waals surface area (Å²) in [6.45, 7) is 5.00. The molecule has 2 aromatic carbocycles. The number of carbonyl (C=O) groups is 1. The highest BCUT2D eigenvalue weighted by molar-refractivity contribution is 6.02. The minimum absolute atomic E-state index is 0.570. The number of aryl methyl sites for hydroxylation is 2. The van der Waals surface area contributed by atoms with E-state index in [1.165, 1.54) is 11.3 Å². The molecule has 0 unspecified atom stereocenters. The number of fused-ring (bicyclic) bond motifs is 3. The van der Waals surface area contributed by atoms with Crippen molar-refractivity contribution in [2.75, 3.05) is 16.8 Å². The Balaban J connectivity index is 2.01. The summed E-state index contributed by atoms with van der Waals surface area (Å²) in [6.07, 6.45) is 0.816. The van der Waals surface area contributed by atoms with Gasteiger partial charge >= 0.3 is 6.03 Å². The number of hydrogen-bond donors (Lipinski definition) is 2. The van der Waals surface area contributed by atoms with Crippen LogP contribution >= 0.6 is 0 Å². The molecule has 2 heterocycles. The van der Waals surface area contributed by atoms with Crippen molar-refractivity contribution in [3.8, 4) is 0 Å². The predicted octanol–water partition coefficient (Wildman–Crippen LogP) is 4.04. The number of benzene rings is 2. The maximum atomic E-state index is 11.5. The van der Waals surface area contributed by atoms with Gasteiger partial charge in [0.15, 0.2) is 0 Å². The van der Waals surface area contributed by atoms with Gasteiger partial charge in [-0.2, -0.15) is 0 Å². The fourth-order valence-corrected chi connectivity index (χ4v) is 3.66. The maximum absolute atomic E-state index is 11.5. The molecule has 1 aromatic heterocycles. The first kappa shape index (κ1) is 15.4. The van der Waals surface area contributed by atoms with Gasteiger partial charge in [-0.3, -0.25) is 5.32 Å². The third-order valence-corrected chi connectivity index (χ3v) is 4.79. The number of carbonyl (C=O) groups excluding carboxylic acids is 1. The van der Waals surface area contributed by atoms with Crippen LogP contribution < -0.4 is 16.0 Å². The maximum Gasteiger partial charge on any atom is 0.317 e. The third-order valence-electron chi connectivity index (χ3n) is 4.79. The Morgan fingerprint density at radius 2 is 1.88 bits per heavy atom. The van der Waals surface area contributed by atoms with Crippen molar-refractivity contribution in [1.82, 2.24) is 4.98 Å². The van der Waals surface area contributed by atoms with Gasteiger partial charge in [-0.25, -0.2) is 9.78 Å². The van der Waals surface area contributed by atoms with Crippen LogP contribution in [0.2, 0.25) is 0 Å². The molecule has 5 nitrogen and oxygen atoms in total. The summed E-state index contributed by atoms with van der Waals surface area (Å²) < 4.78 is 0. The van der Waals surface area contributed by atoms with Crippen molar-refractivity contribution in [3.63, 3.8) is 0 Å². The fourth-order valence-electron chi connectivity index (χ4n) is 3.66. The highest BCUT2D eigenvalue weighted by atomic mass is 16.2. The van der Waals surface area contributed by atoms with Crippen LogP contribution in [0.3, 0.4) is 0 Å². The number of anilines is 3. The largest absolute Gasteiger partial charge is 0.351 e. The first-order valence-electron chi connectivity index (χ1n) is 8.38. The summed E-state index contributed by atoms with van der Waals surface area (Å²) >= 11 is 0. The molecule has 0 spiro atoms. The second-order valence-corrected chi connectivity index (χ2v) is 6.44. The summed E-state index contributed by atoms with van der Waals surface area (Å²) in [7, 11) is 0. The number of nitrogens with zero attached hydrogens (tertiary/aromatic N) is 2. The van der Waals surface area contributed by atoms with Crippen molar-refractivity contribution < 1.29 is 4.79 Å². The highest BCUT2D eigenvalue weighted by Crippen LogP contribution is 2.43. The molecule has 0 radical (unpaired) electrons. The highest BCUT2D eigenvalue weighted by Gasteiger charge is 2.28. The van der Waals surface area contributed by atoms with E-state index in [2.05, 4.69) is 47.5 Å². The van der Waals surface area contributed by atoms with Crippen LogP contribution in [0.25, 0.3) is 10.9 Å². The topological polar surface area (TPSA) is 71.2 Å². The number of urea groups is 1. The molecule has 126 valence electrons. The molecule has 1 aliphatic rings. The Hall–Kier alpha value is -3.08. The SMILES string of the molecule is Cc1ccccc1N1CCc2c(NC(N)=O)nc3c(C)cccc3c21. The number of pyridine rings is 1. The minimum atomic E-state index is -0.586. The number of amides is 2. The van der Waals surface area contributed by atoms with E-state index < -0.39 is 6.03 Å². The van der Waals surface area contributed by atoms with Crippen LogP contribution in [-0.4, -0.2) is 17.6 Å². The quantitative estimate of drug-likeness (QED) is 0.744. The molecule has 0 saturated heterocycles. The molecule has 0 saturated carbocycles. The summed E-state index contributed by atoms with van der Waals surface area (Å²) in [5, 5.41) is 3.81. The van der Waals surface area contributed by atoms with E-state index in [0.29, 0.717) is 5.82 Å². The number of primary amides is 1. The normalized spacial score (nSPS) is 13.1. The van der Waals surface area contributed by atoms with E-state index in [4.69, 9.17) is 10.7 Å². The van der Waals surface area contributed by atoms with Crippen LogP contribution in [0.1, 0.15) is 16.7 Å². The molecular weight excluding hydrogens is 312 g/mol. The number of nitrogens with two attached hydrogens (primary N) is 1. The Labute approximate surface area is 146 Å². The Kier molecular flexibility index (Phi) is 3.57. The third kappa shape index (κ3) is 2.48. The van der Waals surface area contributed by atoms with Gasteiger partial charge in [-0.15, -0.1) is 0 Å². The molecule has 3 N–H and O–H groups in total. The van der Waals surface area contributed by atoms with Crippen molar-refractivity contribution in [2.45, 2.75) is 20.3 Å². The van der Waals surface area contributed by atoms with Gasteiger partial charge < -0.3 is 10.6 Å². The molecule has 4 rings (SSSR count). The molecule has 0 fully saturated rings. The smallest absolute Gasteiger partial charge is 0.317 e. The number of para-hydroxylation sites is 2. The molecule has 3 aromatic rings. The molecule has 0 bridgehead atoms. The average molecular weight is 332 g/mol. The molecule has 5 heteroatoms. The number of rotatable bonds is 2. The van der Waals surface area contributed by atoms with E-state index in [1.807, 2.05) is 19.1 Å². The summed E-state index contributed by atoms with van der Waals surface area (Å²) in [4.78, 5) is 18.5. The summed E-state index contributed by atoms with van der Waals surface area (Å²) in [5.41, 5.74) is 11.9. The zero-order chi connectivity index (χ0) is 17.6. The number of aromatic nitrogens is 1. The molecular formula is C20H20N4O. The molecule has 25 heavy (non-hydrogen) atoms. The number of nitrogens with one attached hydrogen (secondary N) is 1. The molecule has 0 atom stereocenters. The van der Waals surface area contributed by atoms with Crippen LogP contribution in [-0.2, 0) is 6.42 Å². The lowest BCUT2D eigenvalue weighted by molar-refractivity contribution is 0.259. The zero-order valence-electron chi connectivity index (χ0n) is 14.3. The van der Waals surface area contributed by atoms with Gasteiger partial charge in [0.1, 0.15) is 5.82 Å². The lowest BCUT2D eigenvalue weighted by atomic mass is 10.0. The van der Waals surface area contributed by atoms with Gasteiger partial charge in [-0.05, 0) is 37.5 Å². The second-order valence-electron chi connectivity index (χ2n) is 6.44. The molecule has 0 aliphatic carbocycles. The first-order valence-corrected chi connectivity index (χ1v) is 8.38. The fraction of sp³-hybridized carbons (Fsp3) is 0.200. The van der Waals surface area contributed by atoms with Crippen LogP contribution in [0.15, 0.2) is 42.5 Å². The lowest BCUT2D eigenvalue weighted by Gasteiger charge is -2.24. The minimum Gasteiger partial charge on any atom is -0.351 e. The second kappa shape index (κ2) is 5.77. The van der Waals surface area contributed by atoms with Gasteiger partial charge in [0.25, 0.3) is 0 Å². The Morgan fingerprint density at radius 3 is 2.64 bits per heavy atom. The van der Waals surface area contributed by atoms with E-state index >= 15 is 0 Å². The van der Waals surface area contributed by atoms with Gasteiger partial charge in [0.2, 0.25) is 0 Å². The predicted molar refractivity (Wildman–Crippen MR) is 102 cm³/mol. The van der Waals surface area contributed by atoms with Crippen molar-refractivity contribution >= 4 is 34.1 Å². The standard InChI is InChI=1S/C20H20N4O/c1-12-6-3-4-9-16(12)24-11-10-15-18(24)14-8-5-7-13(2)17(14)22-19(15)23-20(21)25/h3-9H,10-11H2,1-2H3,(H3,21,22,23,25). The van der Waals surface area contributed by atoms with E-state index in [9.17, 15) is 4.79 Å². The Morgan fingerprint density at radius 1 is 1.12 bits per heavy atom. The first-order chi connectivity index (χ1) is 12.1. The van der Waals surface area contributed by atoms with E-state index in [-0.39, 0.29) is 0 Å². The van der Waals surface area contributed by atoms with E-state index in [1.54, 1.807) is 0 Å². The van der Waals surface area contributed by atoms with Gasteiger partial charge in [0, 0.05) is 23.2 Å². The lowest BCUT2D eigenvalue weighted by Crippen LogP contribution is -2.21. The summed E-state index contributed by atoms with van der Waals surface area (Å²) in [5.74, 6) is 0.570. The van der Waals surface area contributed by atoms with Crippen LogP contribution in [0.4, 0.5) is 22.0 Å². The summed E-state index contributed by atoms with van der Waals surface area (Å²) in [6, 6.07) is 13.9. The Bertz CT molecular complexity index is 996. The van der Waals surface area contributed by atoms with Gasteiger partial charge in [0.05, 0.1) is 11.2 Å². The van der Waals surface area contributed by atoms with E-state index in [0.717, 1.165) is 40.7 Å². The zero-order valence-corrected chi connectivity index (χ0v) is 14.3. The average Bonchev–Trinajstić information content (AvgIpc) is 3.01. The number of hydrogen-bond acceptors (Lipinski definition) is 3. The van der Waals surface area contributed by atoms with Crippen molar-refractivity contribution in [2.24, 2.45) is 5.73 Å². The van der Waals surface area contributed by atoms with Crippen molar-refractivity contribution in [3.05, 3.63) is 59.2 Å².